The van der Waals surface area contributed by atoms with Gasteiger partial charge in [-0.1, -0.05) is 26.7 Å². The van der Waals surface area contributed by atoms with Gasteiger partial charge in [0, 0.05) is 0 Å². The van der Waals surface area contributed by atoms with Crippen LogP contribution in [0.3, 0.4) is 0 Å². The van der Waals surface area contributed by atoms with Crippen LogP contribution in [0.5, 0.6) is 0 Å². The molecule has 79 valence electrons. The summed E-state index contributed by atoms with van der Waals surface area (Å²) in [7, 11) is 0. The van der Waals surface area contributed by atoms with Crippen molar-refractivity contribution in [2.75, 3.05) is 26.2 Å². The van der Waals surface area contributed by atoms with Crippen molar-refractivity contribution >= 4 is 0 Å². The van der Waals surface area contributed by atoms with Crippen LogP contribution < -0.4 is 10.6 Å². The minimum Gasteiger partial charge on any atom is -0.317 e. The fraction of sp³-hybridized carbons (Fsp3) is 0.909. The van der Waals surface area contributed by atoms with Crippen molar-refractivity contribution < 1.29 is 0 Å². The van der Waals surface area contributed by atoms with Crippen molar-refractivity contribution in [3.05, 3.63) is 6.92 Å². The fourth-order valence-corrected chi connectivity index (χ4v) is 1.23. The molecule has 0 rings (SSSR count). The lowest BCUT2D eigenvalue weighted by Gasteiger charge is -2.04. The van der Waals surface area contributed by atoms with E-state index in [1.165, 1.54) is 32.2 Å². The van der Waals surface area contributed by atoms with Gasteiger partial charge in [0.05, 0.1) is 0 Å². The number of rotatable bonds is 10. The van der Waals surface area contributed by atoms with Crippen molar-refractivity contribution in [3.63, 3.8) is 0 Å². The molecule has 0 aromatic rings. The van der Waals surface area contributed by atoms with Crippen molar-refractivity contribution in [1.82, 2.24) is 10.6 Å². The highest BCUT2D eigenvalue weighted by Crippen LogP contribution is 1.91. The van der Waals surface area contributed by atoms with E-state index in [9.17, 15) is 0 Å². The number of hydrogen-bond acceptors (Lipinski definition) is 2. The van der Waals surface area contributed by atoms with Crippen LogP contribution in [0, 0.1) is 6.92 Å². The van der Waals surface area contributed by atoms with Gasteiger partial charge in [-0.15, -0.1) is 0 Å². The summed E-state index contributed by atoms with van der Waals surface area (Å²) in [5, 5.41) is 6.76. The normalized spacial score (nSPS) is 10.6. The van der Waals surface area contributed by atoms with Gasteiger partial charge in [0.25, 0.3) is 0 Å². The average molecular weight is 185 g/mol. The van der Waals surface area contributed by atoms with E-state index in [4.69, 9.17) is 0 Å². The van der Waals surface area contributed by atoms with Crippen molar-refractivity contribution in [2.45, 2.75) is 39.0 Å². The molecule has 0 aliphatic carbocycles. The Morgan fingerprint density at radius 3 is 1.92 bits per heavy atom. The van der Waals surface area contributed by atoms with Crippen LogP contribution in [0.2, 0.25) is 0 Å². The van der Waals surface area contributed by atoms with Crippen molar-refractivity contribution in [1.29, 1.82) is 0 Å². The number of nitrogens with one attached hydrogen (secondary N) is 2. The Kier molecular flexibility index (Phi) is 11.8. The first kappa shape index (κ1) is 12.9. The van der Waals surface area contributed by atoms with E-state index in [-0.39, 0.29) is 0 Å². The van der Waals surface area contributed by atoms with Gasteiger partial charge in [0.15, 0.2) is 0 Å². The average Bonchev–Trinajstić information content (AvgIpc) is 2.16. The van der Waals surface area contributed by atoms with Crippen LogP contribution in [-0.4, -0.2) is 26.2 Å². The van der Waals surface area contributed by atoms with Gasteiger partial charge in [0.2, 0.25) is 0 Å². The Morgan fingerprint density at radius 2 is 1.38 bits per heavy atom. The third-order valence-electron chi connectivity index (χ3n) is 2.06. The molecule has 0 aliphatic rings. The Hall–Kier alpha value is -0.0800. The second-order valence-corrected chi connectivity index (χ2v) is 3.37. The quantitative estimate of drug-likeness (QED) is 0.508. The molecule has 13 heavy (non-hydrogen) atoms. The maximum atomic E-state index is 3.82. The molecule has 2 nitrogen and oxygen atoms in total. The van der Waals surface area contributed by atoms with E-state index in [0.29, 0.717) is 0 Å². The van der Waals surface area contributed by atoms with Gasteiger partial charge in [-0.05, 0) is 45.4 Å². The molecular formula is C11H25N2. The lowest BCUT2D eigenvalue weighted by molar-refractivity contribution is 0.573. The molecule has 0 unspecified atom stereocenters. The van der Waals surface area contributed by atoms with Gasteiger partial charge in [-0.2, -0.15) is 0 Å². The van der Waals surface area contributed by atoms with Gasteiger partial charge < -0.3 is 10.6 Å². The largest absolute Gasteiger partial charge is 0.317 e. The fourth-order valence-electron chi connectivity index (χ4n) is 1.23. The topological polar surface area (TPSA) is 24.1 Å². The van der Waals surface area contributed by atoms with Crippen LogP contribution in [0.1, 0.15) is 39.0 Å². The molecule has 0 aromatic heterocycles. The van der Waals surface area contributed by atoms with Crippen LogP contribution in [0.4, 0.5) is 0 Å². The minimum absolute atomic E-state index is 1.07. The zero-order chi connectivity index (χ0) is 9.78. The molecule has 0 fully saturated rings. The Labute approximate surface area is 83.5 Å². The van der Waals surface area contributed by atoms with E-state index < -0.39 is 0 Å². The van der Waals surface area contributed by atoms with Crippen LogP contribution >= 0.6 is 0 Å². The number of hydrogen-bond donors (Lipinski definition) is 2. The van der Waals surface area contributed by atoms with Crippen LogP contribution in [0.25, 0.3) is 0 Å². The van der Waals surface area contributed by atoms with E-state index in [2.05, 4.69) is 24.5 Å². The van der Waals surface area contributed by atoms with Gasteiger partial charge in [-0.3, -0.25) is 0 Å². The Morgan fingerprint density at radius 1 is 0.846 bits per heavy atom. The van der Waals surface area contributed by atoms with Gasteiger partial charge in [0.1, 0.15) is 0 Å². The monoisotopic (exact) mass is 185 g/mol. The first-order chi connectivity index (χ1) is 6.41. The standard InChI is InChI=1S/C11H25N2/c1-3-5-6-10-13-11-8-7-9-12-4-2/h12-13H,1,3-11H2,2H3. The first-order valence-corrected chi connectivity index (χ1v) is 5.62. The summed E-state index contributed by atoms with van der Waals surface area (Å²) in [6.07, 6.45) is 6.18. The van der Waals surface area contributed by atoms with Crippen molar-refractivity contribution in [2.24, 2.45) is 0 Å². The third kappa shape index (κ3) is 11.9. The number of unbranched alkanes of at least 4 members (excludes halogenated alkanes) is 3. The molecule has 0 aromatic carbocycles. The van der Waals surface area contributed by atoms with Crippen LogP contribution in [0.15, 0.2) is 0 Å². The van der Waals surface area contributed by atoms with E-state index >= 15 is 0 Å². The molecule has 0 bridgehead atoms. The van der Waals surface area contributed by atoms with Gasteiger partial charge in [-0.25, -0.2) is 0 Å². The van der Waals surface area contributed by atoms with E-state index in [0.717, 1.165) is 26.1 Å². The maximum Gasteiger partial charge on any atom is -0.00484 e. The highest BCUT2D eigenvalue weighted by molar-refractivity contribution is 4.51. The zero-order valence-corrected chi connectivity index (χ0v) is 9.07. The summed E-state index contributed by atoms with van der Waals surface area (Å²) in [4.78, 5) is 0. The lowest BCUT2D eigenvalue weighted by Crippen LogP contribution is -2.19. The zero-order valence-electron chi connectivity index (χ0n) is 9.07. The first-order valence-electron chi connectivity index (χ1n) is 5.62. The maximum absolute atomic E-state index is 3.82. The summed E-state index contributed by atoms with van der Waals surface area (Å²) in [5.74, 6) is 0. The molecule has 2 heteroatoms. The molecule has 0 saturated heterocycles. The molecule has 0 spiro atoms. The second-order valence-electron chi connectivity index (χ2n) is 3.37. The molecular weight excluding hydrogens is 160 g/mol. The Balaban J connectivity index is 2.76. The predicted octanol–water partition coefficient (Wildman–Crippen LogP) is 1.97. The highest BCUT2D eigenvalue weighted by atomic mass is 14.9. The summed E-state index contributed by atoms with van der Waals surface area (Å²) in [6.45, 7) is 10.6. The summed E-state index contributed by atoms with van der Waals surface area (Å²) >= 11 is 0. The SMILES string of the molecule is [CH2]CCCCNCCCCNCC. The molecule has 1 radical (unpaired) electrons. The molecule has 0 atom stereocenters. The minimum atomic E-state index is 1.07. The van der Waals surface area contributed by atoms with E-state index in [1.54, 1.807) is 0 Å². The second kappa shape index (κ2) is 11.9. The van der Waals surface area contributed by atoms with Crippen molar-refractivity contribution in [3.8, 4) is 0 Å². The Bertz CT molecular complexity index is 74.2. The summed E-state index contributed by atoms with van der Waals surface area (Å²) < 4.78 is 0. The van der Waals surface area contributed by atoms with Crippen LogP contribution in [-0.2, 0) is 0 Å². The summed E-state index contributed by atoms with van der Waals surface area (Å²) in [6, 6.07) is 0. The molecule has 0 aliphatic heterocycles. The third-order valence-corrected chi connectivity index (χ3v) is 2.06. The molecule has 0 heterocycles. The molecule has 2 N–H and O–H groups in total. The summed E-state index contributed by atoms with van der Waals surface area (Å²) in [5.41, 5.74) is 0. The predicted molar refractivity (Wildman–Crippen MR) is 59.9 cm³/mol. The molecule has 0 amide bonds. The molecule has 0 saturated carbocycles. The highest BCUT2D eigenvalue weighted by Gasteiger charge is 1.88. The lowest BCUT2D eigenvalue weighted by atomic mass is 10.2. The van der Waals surface area contributed by atoms with E-state index in [1.807, 2.05) is 0 Å². The smallest absolute Gasteiger partial charge is 0.00484 e. The van der Waals surface area contributed by atoms with Gasteiger partial charge >= 0.3 is 0 Å².